The molecule has 5 nitrogen and oxygen atoms in total. The summed E-state index contributed by atoms with van der Waals surface area (Å²) in [6.45, 7) is 0. The van der Waals surface area contributed by atoms with Crippen LogP contribution >= 0.6 is 0 Å². The minimum atomic E-state index is 0.831. The minimum absolute atomic E-state index is 0.831. The summed E-state index contributed by atoms with van der Waals surface area (Å²) in [6, 6.07) is 12.3. The molecular weight excluding hydrogens is 418 g/mol. The molecule has 2 aromatic rings. The van der Waals surface area contributed by atoms with Crippen molar-refractivity contribution in [2.45, 2.75) is 0 Å². The van der Waals surface area contributed by atoms with Crippen LogP contribution in [0, 0.1) is 0 Å². The summed E-state index contributed by atoms with van der Waals surface area (Å²) in [5.41, 5.74) is 9.64. The predicted octanol–water partition coefficient (Wildman–Crippen LogP) is 5.65. The molecule has 0 amide bonds. The van der Waals surface area contributed by atoms with Gasteiger partial charge >= 0.3 is 0 Å². The molecule has 5 heteroatoms. The summed E-state index contributed by atoms with van der Waals surface area (Å²) in [6.07, 6.45) is 22.0. The third-order valence-electron chi connectivity index (χ3n) is 5.91. The molecule has 1 aromatic carbocycles. The molecule has 0 radical (unpaired) electrons. The molecule has 0 atom stereocenters. The highest BCUT2D eigenvalue weighted by Gasteiger charge is 2.19. The van der Waals surface area contributed by atoms with Crippen molar-refractivity contribution in [3.63, 3.8) is 0 Å². The molecule has 0 saturated carbocycles. The summed E-state index contributed by atoms with van der Waals surface area (Å²) in [5, 5.41) is 1.11. The standard InChI is InChI=1S/C29H17N5/c1-2-4-27-18(3-1)5-12-28(34-27)26-16-25-15-23-9-8-21(31-23)13-19-6-7-20(30-19)14-22-10-11-24(32-22)17-29(26)33-25/h1-17H. The lowest BCUT2D eigenvalue weighted by Crippen LogP contribution is -1.93. The Morgan fingerprint density at radius 1 is 0.471 bits per heavy atom. The molecule has 0 spiro atoms. The Morgan fingerprint density at radius 2 is 1.09 bits per heavy atom. The average Bonchev–Trinajstić information content (AvgIpc) is 3.64. The normalized spacial score (nSPS) is 19.8. The van der Waals surface area contributed by atoms with Crippen LogP contribution < -0.4 is 0 Å². The fourth-order valence-corrected chi connectivity index (χ4v) is 4.32. The Labute approximate surface area is 196 Å². The number of para-hydroxylation sites is 1. The second-order valence-electron chi connectivity index (χ2n) is 8.33. The Morgan fingerprint density at radius 3 is 1.79 bits per heavy atom. The first kappa shape index (κ1) is 18.8. The van der Waals surface area contributed by atoms with Crippen molar-refractivity contribution in [3.05, 3.63) is 132 Å². The molecule has 6 heterocycles. The van der Waals surface area contributed by atoms with Crippen molar-refractivity contribution in [1.29, 1.82) is 0 Å². The summed E-state index contributed by atoms with van der Waals surface area (Å²) in [5.74, 6) is 0. The SMILES string of the molecule is C1=CC2=NC1=CC1=NC(=CC3=NC(=CC4=NC(=C2)C=C4)C(c2ccc4ccccc4n2)=C3)C=C1. The van der Waals surface area contributed by atoms with E-state index in [1.54, 1.807) is 0 Å². The van der Waals surface area contributed by atoms with Crippen LogP contribution in [0.5, 0.6) is 0 Å². The van der Waals surface area contributed by atoms with E-state index in [1.165, 1.54) is 0 Å². The molecule has 34 heavy (non-hydrogen) atoms. The van der Waals surface area contributed by atoms with Crippen LogP contribution in [-0.4, -0.2) is 27.8 Å². The fourth-order valence-electron chi connectivity index (χ4n) is 4.32. The average molecular weight is 435 g/mol. The van der Waals surface area contributed by atoms with Crippen LogP contribution in [0.4, 0.5) is 0 Å². The zero-order chi connectivity index (χ0) is 22.5. The maximum atomic E-state index is 4.91. The number of hydrogen-bond acceptors (Lipinski definition) is 5. The van der Waals surface area contributed by atoms with Gasteiger partial charge in [0.1, 0.15) is 0 Å². The number of aromatic nitrogens is 1. The quantitative estimate of drug-likeness (QED) is 0.571. The molecule has 1 aromatic heterocycles. The lowest BCUT2D eigenvalue weighted by molar-refractivity contribution is 1.32. The van der Waals surface area contributed by atoms with Gasteiger partial charge in [-0.05, 0) is 79.0 Å². The van der Waals surface area contributed by atoms with Crippen molar-refractivity contribution in [3.8, 4) is 0 Å². The third kappa shape index (κ3) is 3.40. The Balaban J connectivity index is 1.38. The van der Waals surface area contributed by atoms with Gasteiger partial charge in [-0.15, -0.1) is 0 Å². The first-order valence-electron chi connectivity index (χ1n) is 11.1. The molecule has 0 saturated heterocycles. The maximum Gasteiger partial charge on any atom is 0.0753 e. The van der Waals surface area contributed by atoms with Gasteiger partial charge in [0.2, 0.25) is 0 Å². The molecule has 5 aliphatic rings. The van der Waals surface area contributed by atoms with Gasteiger partial charge in [0.15, 0.2) is 0 Å². The molecule has 0 N–H and O–H groups in total. The number of benzene rings is 1. The van der Waals surface area contributed by atoms with Crippen molar-refractivity contribution >= 4 is 39.3 Å². The van der Waals surface area contributed by atoms with Crippen LogP contribution in [-0.2, 0) is 0 Å². The highest BCUT2D eigenvalue weighted by Crippen LogP contribution is 2.31. The Hall–Kier alpha value is -4.77. The molecule has 0 fully saturated rings. The largest absolute Gasteiger partial charge is 0.249 e. The smallest absolute Gasteiger partial charge is 0.0753 e. The second-order valence-corrected chi connectivity index (χ2v) is 8.33. The van der Waals surface area contributed by atoms with Crippen LogP contribution in [0.1, 0.15) is 5.69 Å². The summed E-state index contributed by atoms with van der Waals surface area (Å²) >= 11 is 0. The molecule has 0 aliphatic carbocycles. The first-order valence-corrected chi connectivity index (χ1v) is 11.1. The lowest BCUT2D eigenvalue weighted by atomic mass is 10.1. The summed E-state index contributed by atoms with van der Waals surface area (Å²) in [7, 11) is 0. The van der Waals surface area contributed by atoms with Gasteiger partial charge in [-0.3, -0.25) is 0 Å². The van der Waals surface area contributed by atoms with Crippen LogP contribution in [0.2, 0.25) is 0 Å². The molecule has 5 aliphatic heterocycles. The van der Waals surface area contributed by atoms with E-state index in [0.29, 0.717) is 0 Å². The predicted molar refractivity (Wildman–Crippen MR) is 139 cm³/mol. The number of fused-ring (bicyclic) bond motifs is 5. The van der Waals surface area contributed by atoms with Crippen LogP contribution in [0.15, 0.2) is 146 Å². The first-order chi connectivity index (χ1) is 16.7. The topological polar surface area (TPSA) is 62.3 Å². The molecule has 158 valence electrons. The van der Waals surface area contributed by atoms with E-state index in [4.69, 9.17) is 20.0 Å². The van der Waals surface area contributed by atoms with E-state index in [0.717, 1.165) is 67.8 Å². The molecular formula is C29H17N5. The van der Waals surface area contributed by atoms with Crippen molar-refractivity contribution in [1.82, 2.24) is 4.98 Å². The van der Waals surface area contributed by atoms with Crippen LogP contribution in [0.3, 0.4) is 0 Å². The highest BCUT2D eigenvalue weighted by molar-refractivity contribution is 6.19. The second kappa shape index (κ2) is 7.39. The number of allylic oxidation sites excluding steroid dienone is 12. The van der Waals surface area contributed by atoms with Gasteiger partial charge in [-0.2, -0.15) is 0 Å². The maximum absolute atomic E-state index is 4.91. The minimum Gasteiger partial charge on any atom is -0.249 e. The van der Waals surface area contributed by atoms with E-state index in [1.807, 2.05) is 85.0 Å². The number of nitrogens with zero attached hydrogens (tertiary/aromatic N) is 5. The molecule has 8 bridgehead atoms. The van der Waals surface area contributed by atoms with Gasteiger partial charge < -0.3 is 0 Å². The van der Waals surface area contributed by atoms with Gasteiger partial charge in [-0.25, -0.2) is 25.0 Å². The fraction of sp³-hybridized carbons (Fsp3) is 0. The summed E-state index contributed by atoms with van der Waals surface area (Å²) < 4.78 is 0. The monoisotopic (exact) mass is 435 g/mol. The molecule has 7 rings (SSSR count). The van der Waals surface area contributed by atoms with Crippen molar-refractivity contribution in [2.75, 3.05) is 0 Å². The zero-order valence-corrected chi connectivity index (χ0v) is 18.1. The van der Waals surface area contributed by atoms with E-state index in [-0.39, 0.29) is 0 Å². The van der Waals surface area contributed by atoms with Crippen molar-refractivity contribution < 1.29 is 0 Å². The lowest BCUT2D eigenvalue weighted by Gasteiger charge is -2.05. The third-order valence-corrected chi connectivity index (χ3v) is 5.91. The number of hydrogen-bond donors (Lipinski definition) is 0. The van der Waals surface area contributed by atoms with Crippen LogP contribution in [0.25, 0.3) is 16.5 Å². The van der Waals surface area contributed by atoms with E-state index < -0.39 is 0 Å². The molecule has 0 unspecified atom stereocenters. The Bertz CT molecular complexity index is 1670. The zero-order valence-electron chi connectivity index (χ0n) is 18.1. The van der Waals surface area contributed by atoms with E-state index >= 15 is 0 Å². The van der Waals surface area contributed by atoms with E-state index in [2.05, 4.69) is 23.2 Å². The van der Waals surface area contributed by atoms with E-state index in [9.17, 15) is 0 Å². The van der Waals surface area contributed by atoms with Gasteiger partial charge in [0.05, 0.1) is 56.8 Å². The number of pyridine rings is 1. The van der Waals surface area contributed by atoms with Crippen molar-refractivity contribution in [2.24, 2.45) is 20.0 Å². The highest BCUT2D eigenvalue weighted by atomic mass is 14.9. The Kier molecular flexibility index (Phi) is 4.08. The number of rotatable bonds is 1. The van der Waals surface area contributed by atoms with Gasteiger partial charge in [-0.1, -0.05) is 24.3 Å². The number of aliphatic imine (C=N–C) groups is 4. The summed E-state index contributed by atoms with van der Waals surface area (Å²) in [4.78, 5) is 24.0. The van der Waals surface area contributed by atoms with Gasteiger partial charge in [0.25, 0.3) is 0 Å². The van der Waals surface area contributed by atoms with Gasteiger partial charge in [0, 0.05) is 11.0 Å².